The largest absolute Gasteiger partial charge is 0.388 e. The van der Waals surface area contributed by atoms with E-state index in [0.29, 0.717) is 15.1 Å². The highest BCUT2D eigenvalue weighted by Crippen LogP contribution is 2.29. The zero-order valence-corrected chi connectivity index (χ0v) is 12.0. The van der Waals surface area contributed by atoms with Crippen molar-refractivity contribution in [2.45, 2.75) is 12.5 Å². The summed E-state index contributed by atoms with van der Waals surface area (Å²) in [7, 11) is 0. The van der Waals surface area contributed by atoms with Crippen molar-refractivity contribution in [3.63, 3.8) is 0 Å². The van der Waals surface area contributed by atoms with Crippen LogP contribution in [0.5, 0.6) is 0 Å². The first-order valence-electron chi connectivity index (χ1n) is 5.55. The molecule has 1 nitrogen and oxygen atoms in total. The zero-order chi connectivity index (χ0) is 14.0. The summed E-state index contributed by atoms with van der Waals surface area (Å²) in [4.78, 5) is 0. The van der Waals surface area contributed by atoms with Crippen molar-refractivity contribution < 1.29 is 13.9 Å². The molecule has 0 aliphatic heterocycles. The van der Waals surface area contributed by atoms with Crippen LogP contribution in [0, 0.1) is 11.6 Å². The Labute approximate surface area is 123 Å². The van der Waals surface area contributed by atoms with E-state index in [1.54, 1.807) is 18.2 Å². The van der Waals surface area contributed by atoms with Crippen molar-refractivity contribution in [1.82, 2.24) is 0 Å². The Bertz CT molecular complexity index is 604. The van der Waals surface area contributed by atoms with Crippen molar-refractivity contribution in [3.8, 4) is 0 Å². The lowest BCUT2D eigenvalue weighted by molar-refractivity contribution is 0.176. The van der Waals surface area contributed by atoms with Crippen LogP contribution in [0.2, 0.25) is 5.02 Å². The normalized spacial score (nSPS) is 12.5. The molecule has 0 heterocycles. The van der Waals surface area contributed by atoms with Gasteiger partial charge in [-0.25, -0.2) is 8.78 Å². The average Bonchev–Trinajstić information content (AvgIpc) is 2.38. The summed E-state index contributed by atoms with van der Waals surface area (Å²) < 4.78 is 27.3. The van der Waals surface area contributed by atoms with E-state index in [-0.39, 0.29) is 12.0 Å². The van der Waals surface area contributed by atoms with E-state index in [4.69, 9.17) is 11.6 Å². The molecule has 0 aliphatic rings. The van der Waals surface area contributed by atoms with Crippen LogP contribution in [0.1, 0.15) is 17.2 Å². The maximum absolute atomic E-state index is 13.5. The number of aliphatic hydroxyl groups is 1. The Morgan fingerprint density at radius 1 is 1.21 bits per heavy atom. The van der Waals surface area contributed by atoms with Crippen molar-refractivity contribution in [1.29, 1.82) is 0 Å². The highest BCUT2D eigenvalue weighted by molar-refractivity contribution is 9.10. The third kappa shape index (κ3) is 3.32. The molecular formula is C14H10BrClF2O. The molecule has 1 atom stereocenters. The van der Waals surface area contributed by atoms with Gasteiger partial charge in [0.1, 0.15) is 0 Å². The van der Waals surface area contributed by atoms with E-state index < -0.39 is 17.7 Å². The third-order valence-corrected chi connectivity index (χ3v) is 3.72. The van der Waals surface area contributed by atoms with Crippen molar-refractivity contribution in [2.24, 2.45) is 0 Å². The fourth-order valence-corrected chi connectivity index (χ4v) is 2.49. The number of halogens is 4. The molecule has 0 bridgehead atoms. The van der Waals surface area contributed by atoms with Crippen LogP contribution in [-0.2, 0) is 6.42 Å². The molecule has 2 aromatic carbocycles. The quantitative estimate of drug-likeness (QED) is 0.856. The molecule has 0 aromatic heterocycles. The standard InChI is InChI=1S/C14H10BrClF2O/c15-11-5-4-9(16)7-10(11)13(19)6-8-2-1-3-12(17)14(8)18/h1-5,7,13,19H,6H2. The highest BCUT2D eigenvalue weighted by Gasteiger charge is 2.16. The lowest BCUT2D eigenvalue weighted by atomic mass is 10.0. The highest BCUT2D eigenvalue weighted by atomic mass is 79.9. The average molecular weight is 348 g/mol. The summed E-state index contributed by atoms with van der Waals surface area (Å²) in [6, 6.07) is 8.86. The van der Waals surface area contributed by atoms with Gasteiger partial charge >= 0.3 is 0 Å². The SMILES string of the molecule is OC(Cc1cccc(F)c1F)c1cc(Cl)ccc1Br. The Balaban J connectivity index is 2.28. The molecule has 0 amide bonds. The molecule has 0 saturated heterocycles. The summed E-state index contributed by atoms with van der Waals surface area (Å²) in [5.41, 5.74) is 0.663. The van der Waals surface area contributed by atoms with Gasteiger partial charge in [0.15, 0.2) is 11.6 Å². The monoisotopic (exact) mass is 346 g/mol. The molecule has 0 spiro atoms. The molecule has 1 N–H and O–H groups in total. The fourth-order valence-electron chi connectivity index (χ4n) is 1.79. The number of rotatable bonds is 3. The van der Waals surface area contributed by atoms with Gasteiger partial charge in [-0.15, -0.1) is 0 Å². The number of hydrogen-bond donors (Lipinski definition) is 1. The molecule has 0 saturated carbocycles. The van der Waals surface area contributed by atoms with Gasteiger partial charge in [-0.05, 0) is 35.4 Å². The van der Waals surface area contributed by atoms with Gasteiger partial charge in [-0.3, -0.25) is 0 Å². The summed E-state index contributed by atoms with van der Waals surface area (Å²) in [6.07, 6.45) is -0.993. The van der Waals surface area contributed by atoms with E-state index >= 15 is 0 Å². The van der Waals surface area contributed by atoms with Gasteiger partial charge in [0.05, 0.1) is 6.10 Å². The van der Waals surface area contributed by atoms with E-state index in [2.05, 4.69) is 15.9 Å². The number of hydrogen-bond acceptors (Lipinski definition) is 1. The lowest BCUT2D eigenvalue weighted by Crippen LogP contribution is -2.05. The lowest BCUT2D eigenvalue weighted by Gasteiger charge is -2.14. The molecule has 0 aliphatic carbocycles. The summed E-state index contributed by atoms with van der Waals surface area (Å²) in [6.45, 7) is 0. The molecule has 2 aromatic rings. The van der Waals surface area contributed by atoms with Crippen molar-refractivity contribution in [3.05, 3.63) is 68.7 Å². The Morgan fingerprint density at radius 3 is 2.68 bits per heavy atom. The predicted octanol–water partition coefficient (Wildman–Crippen LogP) is 4.66. The summed E-state index contributed by atoms with van der Waals surface area (Å²) in [5.74, 6) is -1.85. The van der Waals surface area contributed by atoms with Crippen LogP contribution >= 0.6 is 27.5 Å². The minimum absolute atomic E-state index is 0.0253. The van der Waals surface area contributed by atoms with Crippen LogP contribution in [0.25, 0.3) is 0 Å². The molecular weight excluding hydrogens is 338 g/mol. The smallest absolute Gasteiger partial charge is 0.162 e. The minimum atomic E-state index is -0.968. The van der Waals surface area contributed by atoms with Crippen molar-refractivity contribution in [2.75, 3.05) is 0 Å². The second kappa shape index (κ2) is 5.99. The maximum atomic E-state index is 13.5. The van der Waals surface area contributed by atoms with Gasteiger partial charge < -0.3 is 5.11 Å². The van der Waals surface area contributed by atoms with E-state index in [1.165, 1.54) is 12.1 Å². The van der Waals surface area contributed by atoms with Gasteiger partial charge in [0.2, 0.25) is 0 Å². The Hall–Kier alpha value is -0.970. The second-order valence-electron chi connectivity index (χ2n) is 4.10. The molecule has 0 radical (unpaired) electrons. The fraction of sp³-hybridized carbons (Fsp3) is 0.143. The van der Waals surface area contributed by atoms with E-state index in [1.807, 2.05) is 0 Å². The molecule has 19 heavy (non-hydrogen) atoms. The minimum Gasteiger partial charge on any atom is -0.388 e. The Kier molecular flexibility index (Phi) is 4.55. The summed E-state index contributed by atoms with van der Waals surface area (Å²) in [5, 5.41) is 10.6. The van der Waals surface area contributed by atoms with Crippen LogP contribution in [0.3, 0.4) is 0 Å². The molecule has 0 fully saturated rings. The number of aliphatic hydroxyl groups excluding tert-OH is 1. The maximum Gasteiger partial charge on any atom is 0.162 e. The van der Waals surface area contributed by atoms with Gasteiger partial charge in [-0.1, -0.05) is 39.7 Å². The molecule has 2 rings (SSSR count). The first-order chi connectivity index (χ1) is 8.99. The van der Waals surface area contributed by atoms with E-state index in [0.717, 1.165) is 6.07 Å². The van der Waals surface area contributed by atoms with Crippen LogP contribution in [-0.4, -0.2) is 5.11 Å². The Morgan fingerprint density at radius 2 is 1.95 bits per heavy atom. The predicted molar refractivity (Wildman–Crippen MR) is 74.2 cm³/mol. The van der Waals surface area contributed by atoms with Gasteiger partial charge in [0.25, 0.3) is 0 Å². The van der Waals surface area contributed by atoms with Gasteiger partial charge in [-0.2, -0.15) is 0 Å². The van der Waals surface area contributed by atoms with Gasteiger partial charge in [0, 0.05) is 15.9 Å². The molecule has 1 unspecified atom stereocenters. The molecule has 100 valence electrons. The van der Waals surface area contributed by atoms with E-state index in [9.17, 15) is 13.9 Å². The first kappa shape index (κ1) is 14.4. The summed E-state index contributed by atoms with van der Waals surface area (Å²) >= 11 is 9.15. The second-order valence-corrected chi connectivity index (χ2v) is 5.39. The first-order valence-corrected chi connectivity index (χ1v) is 6.72. The van der Waals surface area contributed by atoms with Crippen LogP contribution in [0.15, 0.2) is 40.9 Å². The molecule has 5 heteroatoms. The van der Waals surface area contributed by atoms with Crippen molar-refractivity contribution >= 4 is 27.5 Å². The zero-order valence-electron chi connectivity index (χ0n) is 9.71. The van der Waals surface area contributed by atoms with Crippen LogP contribution < -0.4 is 0 Å². The number of benzene rings is 2. The third-order valence-electron chi connectivity index (χ3n) is 2.76. The topological polar surface area (TPSA) is 20.2 Å². The van der Waals surface area contributed by atoms with Crippen LogP contribution in [0.4, 0.5) is 8.78 Å².